The van der Waals surface area contributed by atoms with E-state index in [0.29, 0.717) is 5.91 Å². The monoisotopic (exact) mass is 317 g/mol. The zero-order valence-electron chi connectivity index (χ0n) is 14.2. The standard InChI is InChI=1S/C18H27N3O2/c1-3-17-15(5-4-12-23-17)18(22)21-10-8-20(9-11-21)16-13-19-7-6-14(16)2/h6-7,13,15,17H,3-5,8-12H2,1-2H3/t15-,17-/m1/s1. The first-order chi connectivity index (χ1) is 11.2. The Kier molecular flexibility index (Phi) is 5.16. The van der Waals surface area contributed by atoms with Crippen molar-refractivity contribution in [1.82, 2.24) is 9.88 Å². The molecule has 2 atom stereocenters. The third-order valence-corrected chi connectivity index (χ3v) is 5.10. The number of amides is 1. The highest BCUT2D eigenvalue weighted by Crippen LogP contribution is 2.26. The van der Waals surface area contributed by atoms with Crippen molar-refractivity contribution in [2.45, 2.75) is 39.2 Å². The van der Waals surface area contributed by atoms with Crippen molar-refractivity contribution in [1.29, 1.82) is 0 Å². The summed E-state index contributed by atoms with van der Waals surface area (Å²) < 4.78 is 5.79. The second kappa shape index (κ2) is 7.30. The van der Waals surface area contributed by atoms with Crippen LogP contribution in [0.2, 0.25) is 0 Å². The van der Waals surface area contributed by atoms with Crippen molar-refractivity contribution >= 4 is 11.6 Å². The van der Waals surface area contributed by atoms with E-state index < -0.39 is 0 Å². The maximum atomic E-state index is 12.8. The predicted molar refractivity (Wildman–Crippen MR) is 90.5 cm³/mol. The third-order valence-electron chi connectivity index (χ3n) is 5.10. The maximum Gasteiger partial charge on any atom is 0.228 e. The molecule has 2 fully saturated rings. The summed E-state index contributed by atoms with van der Waals surface area (Å²) in [6.45, 7) is 8.36. The molecule has 0 bridgehead atoms. The number of aryl methyl sites for hydroxylation is 1. The van der Waals surface area contributed by atoms with Gasteiger partial charge in [-0.25, -0.2) is 0 Å². The number of rotatable bonds is 3. The molecule has 0 unspecified atom stereocenters. The number of hydrogen-bond acceptors (Lipinski definition) is 4. The summed E-state index contributed by atoms with van der Waals surface area (Å²) in [5.74, 6) is 0.347. The summed E-state index contributed by atoms with van der Waals surface area (Å²) in [7, 11) is 0. The van der Waals surface area contributed by atoms with E-state index in [0.717, 1.165) is 52.0 Å². The number of ether oxygens (including phenoxy) is 1. The first kappa shape index (κ1) is 16.2. The van der Waals surface area contributed by atoms with Crippen LogP contribution in [0.3, 0.4) is 0 Å². The van der Waals surface area contributed by atoms with Crippen LogP contribution in [0.25, 0.3) is 0 Å². The predicted octanol–water partition coefficient (Wildman–Crippen LogP) is 2.24. The number of hydrogen-bond donors (Lipinski definition) is 0. The van der Waals surface area contributed by atoms with Crippen LogP contribution in [0.5, 0.6) is 0 Å². The van der Waals surface area contributed by atoms with Gasteiger partial charge in [0.2, 0.25) is 5.91 Å². The summed E-state index contributed by atoms with van der Waals surface area (Å²) in [6, 6.07) is 2.04. The minimum Gasteiger partial charge on any atom is -0.377 e. The lowest BCUT2D eigenvalue weighted by Gasteiger charge is -2.40. The highest BCUT2D eigenvalue weighted by Gasteiger charge is 2.34. The van der Waals surface area contributed by atoms with Gasteiger partial charge in [-0.05, 0) is 37.8 Å². The van der Waals surface area contributed by atoms with E-state index in [-0.39, 0.29) is 12.0 Å². The Balaban J connectivity index is 1.60. The van der Waals surface area contributed by atoms with Gasteiger partial charge < -0.3 is 14.5 Å². The largest absolute Gasteiger partial charge is 0.377 e. The molecule has 3 rings (SSSR count). The first-order valence-electron chi connectivity index (χ1n) is 8.76. The Morgan fingerprint density at radius 3 is 2.83 bits per heavy atom. The van der Waals surface area contributed by atoms with E-state index >= 15 is 0 Å². The van der Waals surface area contributed by atoms with Crippen molar-refractivity contribution < 1.29 is 9.53 Å². The Bertz CT molecular complexity index is 541. The second-order valence-electron chi connectivity index (χ2n) is 6.54. The van der Waals surface area contributed by atoms with Crippen LogP contribution >= 0.6 is 0 Å². The molecule has 1 aromatic heterocycles. The lowest BCUT2D eigenvalue weighted by atomic mass is 9.91. The lowest BCUT2D eigenvalue weighted by Crippen LogP contribution is -2.52. The molecule has 126 valence electrons. The molecule has 23 heavy (non-hydrogen) atoms. The van der Waals surface area contributed by atoms with Crippen LogP contribution in [0.1, 0.15) is 31.7 Å². The average Bonchev–Trinajstić information content (AvgIpc) is 2.61. The Morgan fingerprint density at radius 1 is 1.35 bits per heavy atom. The maximum absolute atomic E-state index is 12.8. The third kappa shape index (κ3) is 3.50. The number of nitrogens with zero attached hydrogens (tertiary/aromatic N) is 3. The highest BCUT2D eigenvalue weighted by atomic mass is 16.5. The topological polar surface area (TPSA) is 45.7 Å². The molecule has 2 aliphatic heterocycles. The van der Waals surface area contributed by atoms with Gasteiger partial charge >= 0.3 is 0 Å². The molecule has 0 spiro atoms. The molecule has 0 aromatic carbocycles. The van der Waals surface area contributed by atoms with Gasteiger partial charge in [0.1, 0.15) is 0 Å². The van der Waals surface area contributed by atoms with Crippen molar-refractivity contribution in [3.63, 3.8) is 0 Å². The van der Waals surface area contributed by atoms with Gasteiger partial charge in [-0.1, -0.05) is 6.92 Å². The van der Waals surface area contributed by atoms with Crippen LogP contribution < -0.4 is 4.90 Å². The summed E-state index contributed by atoms with van der Waals surface area (Å²) in [5.41, 5.74) is 2.43. The minimum atomic E-state index is 0.0560. The van der Waals surface area contributed by atoms with Crippen LogP contribution in [0, 0.1) is 12.8 Å². The zero-order chi connectivity index (χ0) is 16.2. The Hall–Kier alpha value is -1.62. The van der Waals surface area contributed by atoms with Crippen LogP contribution in [0.15, 0.2) is 18.5 Å². The van der Waals surface area contributed by atoms with Gasteiger partial charge in [-0.3, -0.25) is 9.78 Å². The summed E-state index contributed by atoms with van der Waals surface area (Å²) >= 11 is 0. The Labute approximate surface area is 138 Å². The lowest BCUT2D eigenvalue weighted by molar-refractivity contribution is -0.145. The Morgan fingerprint density at radius 2 is 2.13 bits per heavy atom. The number of aromatic nitrogens is 1. The van der Waals surface area contributed by atoms with E-state index in [1.54, 1.807) is 0 Å². The molecule has 5 nitrogen and oxygen atoms in total. The van der Waals surface area contributed by atoms with E-state index in [9.17, 15) is 4.79 Å². The van der Waals surface area contributed by atoms with Gasteiger partial charge in [0, 0.05) is 39.0 Å². The fourth-order valence-corrected chi connectivity index (χ4v) is 3.71. The van der Waals surface area contributed by atoms with E-state index in [1.807, 2.05) is 23.4 Å². The van der Waals surface area contributed by atoms with Crippen molar-refractivity contribution in [3.05, 3.63) is 24.0 Å². The number of carbonyl (C=O) groups excluding carboxylic acids is 1. The van der Waals surface area contributed by atoms with E-state index in [2.05, 4.69) is 23.7 Å². The van der Waals surface area contributed by atoms with Gasteiger partial charge in [0.25, 0.3) is 0 Å². The molecule has 0 aliphatic carbocycles. The minimum absolute atomic E-state index is 0.0560. The summed E-state index contributed by atoms with van der Waals surface area (Å²) in [4.78, 5) is 21.4. The SMILES string of the molecule is CC[C@H]1OCCC[C@H]1C(=O)N1CCN(c2cnccc2C)CC1. The molecule has 0 N–H and O–H groups in total. The smallest absolute Gasteiger partial charge is 0.228 e. The van der Waals surface area contributed by atoms with Crippen LogP contribution in [-0.2, 0) is 9.53 Å². The fraction of sp³-hybridized carbons (Fsp3) is 0.667. The van der Waals surface area contributed by atoms with Crippen molar-refractivity contribution in [2.75, 3.05) is 37.7 Å². The molecule has 5 heteroatoms. The molecule has 1 amide bonds. The van der Waals surface area contributed by atoms with E-state index in [4.69, 9.17) is 4.74 Å². The van der Waals surface area contributed by atoms with Crippen molar-refractivity contribution in [3.8, 4) is 0 Å². The second-order valence-corrected chi connectivity index (χ2v) is 6.54. The molecular weight excluding hydrogens is 290 g/mol. The fourth-order valence-electron chi connectivity index (χ4n) is 3.71. The quantitative estimate of drug-likeness (QED) is 0.858. The normalized spacial score (nSPS) is 25.5. The first-order valence-corrected chi connectivity index (χ1v) is 8.76. The van der Waals surface area contributed by atoms with Crippen LogP contribution in [-0.4, -0.2) is 54.7 Å². The number of piperazine rings is 1. The van der Waals surface area contributed by atoms with Gasteiger partial charge in [-0.15, -0.1) is 0 Å². The number of pyridine rings is 1. The molecule has 1 aromatic rings. The summed E-state index contributed by atoms with van der Waals surface area (Å²) in [6.07, 6.45) is 6.75. The molecule has 2 saturated heterocycles. The number of carbonyl (C=O) groups is 1. The zero-order valence-corrected chi connectivity index (χ0v) is 14.2. The van der Waals surface area contributed by atoms with Crippen LogP contribution in [0.4, 0.5) is 5.69 Å². The molecular formula is C18H27N3O2. The van der Waals surface area contributed by atoms with Crippen molar-refractivity contribution in [2.24, 2.45) is 5.92 Å². The molecule has 3 heterocycles. The molecule has 0 saturated carbocycles. The van der Waals surface area contributed by atoms with Gasteiger partial charge in [-0.2, -0.15) is 0 Å². The summed E-state index contributed by atoms with van der Waals surface area (Å²) in [5, 5.41) is 0. The van der Waals surface area contributed by atoms with Gasteiger partial charge in [0.15, 0.2) is 0 Å². The van der Waals surface area contributed by atoms with Gasteiger partial charge in [0.05, 0.1) is 23.9 Å². The molecule has 2 aliphatic rings. The highest BCUT2D eigenvalue weighted by molar-refractivity contribution is 5.80. The average molecular weight is 317 g/mol. The number of anilines is 1. The van der Waals surface area contributed by atoms with E-state index in [1.165, 1.54) is 11.3 Å². The molecule has 0 radical (unpaired) electrons.